The second-order valence-corrected chi connectivity index (χ2v) is 9.94. The van der Waals surface area contributed by atoms with E-state index in [2.05, 4.69) is 68.5 Å². The van der Waals surface area contributed by atoms with E-state index in [0.29, 0.717) is 0 Å². The second-order valence-electron chi connectivity index (χ2n) is 9.94. The van der Waals surface area contributed by atoms with Gasteiger partial charge < -0.3 is 10.2 Å². The fourth-order valence-electron chi connectivity index (χ4n) is 4.19. The van der Waals surface area contributed by atoms with Crippen LogP contribution in [0.1, 0.15) is 40.5 Å². The molecule has 0 bridgehead atoms. The van der Waals surface area contributed by atoms with Gasteiger partial charge in [0.2, 0.25) is 0 Å². The minimum atomic E-state index is -0.475. The summed E-state index contributed by atoms with van der Waals surface area (Å²) in [6.07, 6.45) is 6.81. The predicted octanol–water partition coefficient (Wildman–Crippen LogP) is 6.26. The zero-order valence-corrected chi connectivity index (χ0v) is 28.7. The maximum Gasteiger partial charge on any atom is 0.132 e. The summed E-state index contributed by atoms with van der Waals surface area (Å²) >= 11 is 0. The molecule has 6 aromatic rings. The van der Waals surface area contributed by atoms with E-state index in [-0.39, 0.29) is 99.5 Å². The largest absolute Gasteiger partial charge is 0.393 e. The van der Waals surface area contributed by atoms with E-state index >= 15 is 0 Å². The molecule has 239 valence electrons. The van der Waals surface area contributed by atoms with E-state index in [1.54, 1.807) is 38.6 Å². The first-order chi connectivity index (χ1) is 20.2. The van der Waals surface area contributed by atoms with E-state index in [0.717, 1.165) is 43.6 Å². The molecule has 2 atom stereocenters. The van der Waals surface area contributed by atoms with Crippen molar-refractivity contribution < 1.29 is 94.9 Å². The van der Waals surface area contributed by atoms with Gasteiger partial charge in [0.15, 0.2) is 0 Å². The number of aliphatic hydroxyl groups is 2. The van der Waals surface area contributed by atoms with Gasteiger partial charge in [-0.2, -0.15) is 0 Å². The third-order valence-corrected chi connectivity index (χ3v) is 5.85. The van der Waals surface area contributed by atoms with Crippen molar-refractivity contribution in [3.63, 3.8) is 0 Å². The molecule has 0 fully saturated rings. The number of nitrogens with zero attached hydrogens (tertiary/aromatic N) is 4. The molecule has 0 aliphatic carbocycles. The summed E-state index contributed by atoms with van der Waals surface area (Å²) in [6, 6.07) is 24.3. The van der Waals surface area contributed by atoms with Crippen LogP contribution in [0.3, 0.4) is 0 Å². The van der Waals surface area contributed by atoms with Gasteiger partial charge in [0.25, 0.3) is 0 Å². The Bertz CT molecular complexity index is 1540. The number of carbonyl (C=O) groups excluding carboxylic acids is 2. The first kappa shape index (κ1) is 39.9. The molecule has 10 heteroatoms. The van der Waals surface area contributed by atoms with Gasteiger partial charge in [-0.3, -0.25) is 29.5 Å². The van der Waals surface area contributed by atoms with E-state index in [4.69, 9.17) is 10.2 Å². The molecule has 0 saturated heterocycles. The number of fused-ring (bicyclic) bond motifs is 6. The molecule has 44 heavy (non-hydrogen) atoms. The fourth-order valence-corrected chi connectivity index (χ4v) is 4.19. The summed E-state index contributed by atoms with van der Waals surface area (Å²) in [5.41, 5.74) is 3.91. The topological polar surface area (TPSA) is 126 Å². The number of ketones is 2. The van der Waals surface area contributed by atoms with Crippen LogP contribution < -0.4 is 0 Å². The average Bonchev–Trinajstić information content (AvgIpc) is 2.97. The van der Waals surface area contributed by atoms with Crippen molar-refractivity contribution in [3.8, 4) is 0 Å². The van der Waals surface area contributed by atoms with Gasteiger partial charge in [0, 0.05) is 134 Å². The molecule has 0 amide bonds. The van der Waals surface area contributed by atoms with E-state index in [9.17, 15) is 9.59 Å². The first-order valence-electron chi connectivity index (χ1n) is 13.7. The van der Waals surface area contributed by atoms with Gasteiger partial charge in [-0.1, -0.05) is 48.5 Å². The van der Waals surface area contributed by atoms with Gasteiger partial charge in [-0.25, -0.2) is 0 Å². The maximum atomic E-state index is 10.1. The van der Waals surface area contributed by atoms with Crippen LogP contribution >= 0.6 is 0 Å². The number of carbonyl (C=O) groups is 2. The minimum absolute atomic E-state index is 0. The van der Waals surface area contributed by atoms with Crippen LogP contribution in [0.4, 0.5) is 0 Å². The Labute approximate surface area is 317 Å². The molecular weight excluding hydrogens is 860 g/mol. The third kappa shape index (κ3) is 13.1. The van der Waals surface area contributed by atoms with Gasteiger partial charge in [0.05, 0.1) is 34.3 Å². The van der Waals surface area contributed by atoms with E-state index < -0.39 is 12.2 Å². The summed E-state index contributed by atoms with van der Waals surface area (Å²) in [6.45, 7) is 6.13. The van der Waals surface area contributed by atoms with Crippen molar-refractivity contribution in [1.82, 2.24) is 19.9 Å². The number of aliphatic hydroxyl groups excluding tert-OH is 2. The van der Waals surface area contributed by atoms with Gasteiger partial charge >= 0.3 is 0 Å². The predicted molar refractivity (Wildman–Crippen MR) is 168 cm³/mol. The molecule has 0 saturated carbocycles. The van der Waals surface area contributed by atoms with Crippen LogP contribution in [-0.2, 0) is 9.59 Å². The Morgan fingerprint density at radius 1 is 0.545 bits per heavy atom. The molecule has 2 aromatic carbocycles. The molecule has 0 aliphatic rings. The van der Waals surface area contributed by atoms with Crippen molar-refractivity contribution in [1.29, 1.82) is 0 Å². The van der Waals surface area contributed by atoms with Crippen LogP contribution in [0, 0.1) is 75.0 Å². The van der Waals surface area contributed by atoms with Crippen molar-refractivity contribution in [3.05, 3.63) is 97.6 Å². The Kier molecular flexibility index (Phi) is 18.8. The Hall–Kier alpha value is -2.15. The Balaban J connectivity index is 0.000000306. The summed E-state index contributed by atoms with van der Waals surface area (Å²) in [4.78, 5) is 37.6. The summed E-state index contributed by atoms with van der Waals surface area (Å²) in [5, 5.41) is 21.6. The molecule has 2 N–H and O–H groups in total. The SMILES string of the molecule is CC(=O)CC(C)O.CC(=O)CC(C)O.[Dy].[Tm].c1cnc2c(c1)ccc1cccnc12.c1cnc2c(c1)ccc1cccnc12. The van der Waals surface area contributed by atoms with E-state index in [1.165, 1.54) is 13.8 Å². The molecular formula is C34H36DyN4O4Tm. The second kappa shape index (κ2) is 20.8. The van der Waals surface area contributed by atoms with E-state index in [1.807, 2.05) is 24.3 Å². The smallest absolute Gasteiger partial charge is 0.132 e. The summed E-state index contributed by atoms with van der Waals surface area (Å²) < 4.78 is 0. The van der Waals surface area contributed by atoms with Crippen molar-refractivity contribution in [2.75, 3.05) is 0 Å². The normalized spacial score (nSPS) is 11.2. The van der Waals surface area contributed by atoms with Gasteiger partial charge in [-0.15, -0.1) is 0 Å². The third-order valence-electron chi connectivity index (χ3n) is 5.85. The minimum Gasteiger partial charge on any atom is -0.393 e. The van der Waals surface area contributed by atoms with Crippen molar-refractivity contribution >= 4 is 55.2 Å². The van der Waals surface area contributed by atoms with Crippen LogP contribution in [0.2, 0.25) is 0 Å². The van der Waals surface area contributed by atoms with Crippen LogP contribution in [0.15, 0.2) is 97.6 Å². The number of benzene rings is 2. The molecule has 4 heterocycles. The van der Waals surface area contributed by atoms with Crippen molar-refractivity contribution in [2.45, 2.75) is 52.7 Å². The molecule has 2 unspecified atom stereocenters. The maximum absolute atomic E-state index is 10.1. The number of pyridine rings is 4. The number of aromatic nitrogens is 4. The van der Waals surface area contributed by atoms with Gasteiger partial charge in [0.1, 0.15) is 11.6 Å². The molecule has 4 aromatic heterocycles. The number of rotatable bonds is 4. The zero-order chi connectivity index (χ0) is 30.5. The molecule has 1 radical (unpaired) electrons. The number of hydrogen-bond acceptors (Lipinski definition) is 8. The first-order valence-corrected chi connectivity index (χ1v) is 13.7. The Morgan fingerprint density at radius 2 is 0.773 bits per heavy atom. The quantitative estimate of drug-likeness (QED) is 0.199. The Morgan fingerprint density at radius 3 is 0.932 bits per heavy atom. The standard InChI is InChI=1S/2C12H8N2.2C5H10O2.Dy.Tm/c2*1-3-9-5-6-10-4-2-8-14-12(10)11(9)13-7-1;2*1-4(6)3-5(2)7;;/h2*1-8H;2*4,6H,3H2,1-2H3;;. The van der Waals surface area contributed by atoms with Crippen LogP contribution in [0.25, 0.3) is 43.6 Å². The molecule has 0 spiro atoms. The van der Waals surface area contributed by atoms with Crippen molar-refractivity contribution in [2.24, 2.45) is 0 Å². The summed E-state index contributed by atoms with van der Waals surface area (Å²) in [7, 11) is 0. The van der Waals surface area contributed by atoms with Crippen LogP contribution in [-0.4, -0.2) is 53.9 Å². The molecule has 8 nitrogen and oxygen atoms in total. The zero-order valence-electron chi connectivity index (χ0n) is 24.9. The molecule has 6 rings (SSSR count). The van der Waals surface area contributed by atoms with Crippen LogP contribution in [0.5, 0.6) is 0 Å². The number of Topliss-reactive ketones (excluding diaryl/α,β-unsaturated/α-hetero) is 2. The van der Waals surface area contributed by atoms with Gasteiger partial charge in [-0.05, 0) is 52.0 Å². The summed E-state index contributed by atoms with van der Waals surface area (Å²) in [5.74, 6) is 0.0741. The fraction of sp³-hybridized carbons (Fsp3) is 0.235. The average molecular weight is 896 g/mol. The number of hydrogen-bond donors (Lipinski definition) is 2. The molecule has 0 aliphatic heterocycles. The monoisotopic (exact) mass is 897 g/mol.